The molecule has 1 spiro atoms. The number of carbonyl (C=O) groups is 2. The maximum atomic E-state index is 12.5. The number of carbonyl (C=O) groups excluding carboxylic acids is 2. The molecule has 2 aliphatic carbocycles. The summed E-state index contributed by atoms with van der Waals surface area (Å²) in [5, 5.41) is 7.28. The van der Waals surface area contributed by atoms with Gasteiger partial charge in [-0.15, -0.1) is 5.10 Å². The summed E-state index contributed by atoms with van der Waals surface area (Å²) >= 11 is 0. The van der Waals surface area contributed by atoms with Gasteiger partial charge >= 0.3 is 6.18 Å². The van der Waals surface area contributed by atoms with Crippen molar-refractivity contribution in [1.82, 2.24) is 19.5 Å². The molecule has 1 saturated heterocycles. The molecule has 1 aliphatic heterocycles. The number of rotatable bonds is 4. The SMILES string of the molecule is O=C(Nc1nc2cccc(C3CCC4(CC3)CN(C(=O)CC(F)(F)F)C4)n2n1)C1CC1. The summed E-state index contributed by atoms with van der Waals surface area (Å²) in [6.07, 6.45) is -0.521. The van der Waals surface area contributed by atoms with Gasteiger partial charge in [-0.1, -0.05) is 6.07 Å². The molecule has 2 amide bonds. The Balaban J connectivity index is 1.22. The van der Waals surface area contributed by atoms with Crippen LogP contribution in [0.25, 0.3) is 5.65 Å². The summed E-state index contributed by atoms with van der Waals surface area (Å²) in [5.41, 5.74) is 1.64. The molecule has 2 aromatic rings. The molecule has 2 saturated carbocycles. The van der Waals surface area contributed by atoms with Crippen molar-refractivity contribution >= 4 is 23.4 Å². The van der Waals surface area contributed by atoms with Crippen molar-refractivity contribution < 1.29 is 22.8 Å². The van der Waals surface area contributed by atoms with Gasteiger partial charge in [0.1, 0.15) is 6.42 Å². The van der Waals surface area contributed by atoms with Gasteiger partial charge in [-0.25, -0.2) is 4.52 Å². The predicted octanol–water partition coefficient (Wildman–Crippen LogP) is 3.52. The number of alkyl halides is 3. The first kappa shape index (κ1) is 20.3. The molecule has 0 radical (unpaired) electrons. The van der Waals surface area contributed by atoms with Crippen LogP contribution in [0.1, 0.15) is 56.6 Å². The number of anilines is 1. The number of nitrogens with one attached hydrogen (secondary N) is 1. The molecular weight excluding hydrogens is 411 g/mol. The zero-order valence-electron chi connectivity index (χ0n) is 17.0. The van der Waals surface area contributed by atoms with E-state index >= 15 is 0 Å². The van der Waals surface area contributed by atoms with Crippen LogP contribution in [0.2, 0.25) is 0 Å². The monoisotopic (exact) mass is 435 g/mol. The first-order chi connectivity index (χ1) is 14.7. The number of hydrogen-bond acceptors (Lipinski definition) is 4. The first-order valence-electron chi connectivity index (χ1n) is 10.7. The van der Waals surface area contributed by atoms with Gasteiger partial charge < -0.3 is 4.90 Å². The molecule has 166 valence electrons. The predicted molar refractivity (Wildman–Crippen MR) is 105 cm³/mol. The maximum Gasteiger partial charge on any atom is 0.397 e. The second kappa shape index (κ2) is 7.20. The molecule has 5 rings (SSSR count). The highest BCUT2D eigenvalue weighted by Crippen LogP contribution is 2.48. The largest absolute Gasteiger partial charge is 0.397 e. The molecule has 0 aromatic carbocycles. The van der Waals surface area contributed by atoms with Crippen LogP contribution in [-0.2, 0) is 9.59 Å². The second-order valence-electron chi connectivity index (χ2n) is 9.24. The Morgan fingerprint density at radius 1 is 1.13 bits per heavy atom. The van der Waals surface area contributed by atoms with Gasteiger partial charge in [0, 0.05) is 36.0 Å². The standard InChI is InChI=1S/C21H24F3N5O2/c22-21(23,24)10-17(30)28-11-20(12-28)8-6-13(7-9-20)15-2-1-3-16-25-19(27-29(15)16)26-18(31)14-4-5-14/h1-3,13-14H,4-12H2,(H,26,27,31). The molecular formula is C21H24F3N5O2. The molecule has 7 nitrogen and oxygen atoms in total. The van der Waals surface area contributed by atoms with Gasteiger partial charge in [-0.05, 0) is 50.7 Å². The maximum absolute atomic E-state index is 12.5. The summed E-state index contributed by atoms with van der Waals surface area (Å²) in [5.74, 6) is -0.219. The third kappa shape index (κ3) is 4.12. The zero-order valence-corrected chi connectivity index (χ0v) is 17.0. The van der Waals surface area contributed by atoms with Crippen molar-refractivity contribution in [2.45, 2.75) is 57.0 Å². The van der Waals surface area contributed by atoms with Crippen LogP contribution in [0.15, 0.2) is 18.2 Å². The fourth-order valence-corrected chi connectivity index (χ4v) is 4.91. The smallest absolute Gasteiger partial charge is 0.341 e. The van der Waals surface area contributed by atoms with Crippen LogP contribution in [0.5, 0.6) is 0 Å². The lowest BCUT2D eigenvalue weighted by atomic mass is 9.65. The molecule has 2 aromatic heterocycles. The molecule has 3 aliphatic rings. The van der Waals surface area contributed by atoms with E-state index < -0.39 is 18.5 Å². The number of fused-ring (bicyclic) bond motifs is 1. The summed E-state index contributed by atoms with van der Waals surface area (Å²) < 4.78 is 39.2. The van der Waals surface area contributed by atoms with Crippen LogP contribution in [0.4, 0.5) is 19.1 Å². The van der Waals surface area contributed by atoms with Gasteiger partial charge in [-0.2, -0.15) is 18.2 Å². The number of hydrogen-bond donors (Lipinski definition) is 1. The highest BCUT2D eigenvalue weighted by Gasteiger charge is 2.48. The highest BCUT2D eigenvalue weighted by atomic mass is 19.4. The number of amides is 2. The summed E-state index contributed by atoms with van der Waals surface area (Å²) in [6, 6.07) is 5.79. The lowest BCUT2D eigenvalue weighted by molar-refractivity contribution is -0.171. The van der Waals surface area contributed by atoms with Crippen LogP contribution in [0, 0.1) is 11.3 Å². The summed E-state index contributed by atoms with van der Waals surface area (Å²) in [6.45, 7) is 0.832. The van der Waals surface area contributed by atoms with E-state index in [1.165, 1.54) is 4.90 Å². The normalized spacial score (nSPS) is 21.3. The van der Waals surface area contributed by atoms with Crippen molar-refractivity contribution in [2.75, 3.05) is 18.4 Å². The Morgan fingerprint density at radius 2 is 1.84 bits per heavy atom. The van der Waals surface area contributed by atoms with Gasteiger partial charge in [0.05, 0.1) is 0 Å². The van der Waals surface area contributed by atoms with Crippen LogP contribution in [-0.4, -0.2) is 50.6 Å². The fraction of sp³-hybridized carbons (Fsp3) is 0.619. The van der Waals surface area contributed by atoms with Crippen LogP contribution in [0.3, 0.4) is 0 Å². The van der Waals surface area contributed by atoms with Gasteiger partial charge in [0.15, 0.2) is 5.65 Å². The van der Waals surface area contributed by atoms with E-state index in [1.807, 2.05) is 18.2 Å². The summed E-state index contributed by atoms with van der Waals surface area (Å²) in [4.78, 5) is 29.5. The topological polar surface area (TPSA) is 79.6 Å². The minimum atomic E-state index is -4.45. The number of likely N-dealkylation sites (tertiary alicyclic amines) is 1. The lowest BCUT2D eigenvalue weighted by Crippen LogP contribution is -2.59. The molecule has 3 fully saturated rings. The van der Waals surface area contributed by atoms with E-state index in [1.54, 1.807) is 4.52 Å². The number of halogens is 3. The Kier molecular flexibility index (Phi) is 4.71. The van der Waals surface area contributed by atoms with Crippen molar-refractivity contribution in [2.24, 2.45) is 11.3 Å². The van der Waals surface area contributed by atoms with Crippen molar-refractivity contribution in [3.63, 3.8) is 0 Å². The Bertz CT molecular complexity index is 1010. The van der Waals surface area contributed by atoms with Gasteiger partial charge in [0.2, 0.25) is 17.8 Å². The quantitative estimate of drug-likeness (QED) is 0.797. The molecule has 31 heavy (non-hydrogen) atoms. The molecule has 0 bridgehead atoms. The van der Waals surface area contributed by atoms with Gasteiger partial charge in [0.25, 0.3) is 0 Å². The highest BCUT2D eigenvalue weighted by molar-refractivity contribution is 5.92. The van der Waals surface area contributed by atoms with Crippen molar-refractivity contribution in [1.29, 1.82) is 0 Å². The van der Waals surface area contributed by atoms with Crippen LogP contribution >= 0.6 is 0 Å². The van der Waals surface area contributed by atoms with E-state index in [0.717, 1.165) is 44.2 Å². The third-order valence-corrected chi connectivity index (χ3v) is 6.79. The van der Waals surface area contributed by atoms with E-state index in [9.17, 15) is 22.8 Å². The number of aromatic nitrogens is 3. The van der Waals surface area contributed by atoms with E-state index in [4.69, 9.17) is 0 Å². The zero-order chi connectivity index (χ0) is 21.8. The molecule has 0 atom stereocenters. The van der Waals surface area contributed by atoms with E-state index in [2.05, 4.69) is 15.4 Å². The Hall–Kier alpha value is -2.65. The van der Waals surface area contributed by atoms with E-state index in [0.29, 0.717) is 24.7 Å². The summed E-state index contributed by atoms with van der Waals surface area (Å²) in [7, 11) is 0. The average molecular weight is 435 g/mol. The molecule has 10 heteroatoms. The molecule has 1 N–H and O–H groups in total. The molecule has 3 heterocycles. The number of pyridine rings is 1. The first-order valence-corrected chi connectivity index (χ1v) is 10.7. The Labute approximate surface area is 177 Å². The second-order valence-corrected chi connectivity index (χ2v) is 9.24. The lowest BCUT2D eigenvalue weighted by Gasteiger charge is -2.53. The fourth-order valence-electron chi connectivity index (χ4n) is 4.91. The van der Waals surface area contributed by atoms with Crippen LogP contribution < -0.4 is 5.32 Å². The molecule has 0 unspecified atom stereocenters. The van der Waals surface area contributed by atoms with E-state index in [-0.39, 0.29) is 23.2 Å². The van der Waals surface area contributed by atoms with Crippen molar-refractivity contribution in [3.05, 3.63) is 23.9 Å². The Morgan fingerprint density at radius 3 is 2.48 bits per heavy atom. The minimum absolute atomic E-state index is 0.0355. The minimum Gasteiger partial charge on any atom is -0.341 e. The van der Waals surface area contributed by atoms with Gasteiger partial charge in [-0.3, -0.25) is 14.9 Å². The van der Waals surface area contributed by atoms with Crippen molar-refractivity contribution in [3.8, 4) is 0 Å². The third-order valence-electron chi connectivity index (χ3n) is 6.79. The number of nitrogens with zero attached hydrogens (tertiary/aromatic N) is 4. The average Bonchev–Trinajstić information content (AvgIpc) is 3.45.